The van der Waals surface area contributed by atoms with E-state index >= 15 is 0 Å². The average Bonchev–Trinajstić information content (AvgIpc) is 2.87. The van der Waals surface area contributed by atoms with Gasteiger partial charge >= 0.3 is 6.03 Å². The van der Waals surface area contributed by atoms with Crippen LogP contribution in [0.1, 0.15) is 57.3 Å². The highest BCUT2D eigenvalue weighted by Crippen LogP contribution is 2.46. The number of Topliss-reactive ketones (excluding diaryl/α,β-unsaturated/α-hetero) is 1. The summed E-state index contributed by atoms with van der Waals surface area (Å²) in [6.07, 6.45) is 1.11. The normalized spacial score (nSPS) is 26.0. The highest BCUT2D eigenvalue weighted by Gasteiger charge is 2.56. The van der Waals surface area contributed by atoms with Crippen LogP contribution in [0.5, 0.6) is 11.5 Å². The third-order valence-electron chi connectivity index (χ3n) is 6.02. The smallest absolute Gasteiger partial charge is 0.325 e. The molecule has 1 heterocycles. The summed E-state index contributed by atoms with van der Waals surface area (Å²) in [6.45, 7) is 7.48. The number of methoxy groups -OCH3 is 1. The zero-order valence-corrected chi connectivity index (χ0v) is 18.9. The molecule has 0 bridgehead atoms. The summed E-state index contributed by atoms with van der Waals surface area (Å²) < 4.78 is 10.9. The Morgan fingerprint density at radius 1 is 1.29 bits per heavy atom. The quantitative estimate of drug-likeness (QED) is 0.507. The first-order valence-electron chi connectivity index (χ1n) is 10.6. The van der Waals surface area contributed by atoms with Crippen molar-refractivity contribution in [2.45, 2.75) is 58.6 Å². The molecule has 3 atom stereocenters. The van der Waals surface area contributed by atoms with Gasteiger partial charge < -0.3 is 19.9 Å². The zero-order valence-electron chi connectivity index (χ0n) is 18.9. The second-order valence-corrected chi connectivity index (χ2v) is 9.67. The third-order valence-corrected chi connectivity index (χ3v) is 6.02. The van der Waals surface area contributed by atoms with Gasteiger partial charge in [0.05, 0.1) is 13.7 Å². The summed E-state index contributed by atoms with van der Waals surface area (Å²) >= 11 is 0. The monoisotopic (exact) mass is 432 g/mol. The van der Waals surface area contributed by atoms with Gasteiger partial charge in [-0.05, 0) is 55.7 Å². The molecular formula is C23H32N2O6. The van der Waals surface area contributed by atoms with E-state index in [1.165, 1.54) is 14.0 Å². The van der Waals surface area contributed by atoms with Crippen LogP contribution in [0.3, 0.4) is 0 Å². The number of aliphatic hydroxyl groups excluding tert-OH is 1. The van der Waals surface area contributed by atoms with Gasteiger partial charge in [0.25, 0.3) is 5.91 Å². The molecule has 1 aliphatic heterocycles. The number of hydrogen-bond acceptors (Lipinski definition) is 6. The van der Waals surface area contributed by atoms with Crippen molar-refractivity contribution in [1.82, 2.24) is 10.2 Å². The zero-order chi connectivity index (χ0) is 23.0. The van der Waals surface area contributed by atoms with Gasteiger partial charge in [-0.15, -0.1) is 0 Å². The van der Waals surface area contributed by atoms with E-state index in [9.17, 15) is 19.5 Å². The fourth-order valence-electron chi connectivity index (χ4n) is 5.13. The summed E-state index contributed by atoms with van der Waals surface area (Å²) in [4.78, 5) is 38.4. The number of carbonyl (C=O) groups excluding carboxylic acids is 3. The van der Waals surface area contributed by atoms with Crippen LogP contribution >= 0.6 is 0 Å². The molecule has 8 nitrogen and oxygen atoms in total. The van der Waals surface area contributed by atoms with Crippen molar-refractivity contribution in [1.29, 1.82) is 0 Å². The van der Waals surface area contributed by atoms with E-state index in [0.717, 1.165) is 11.3 Å². The second-order valence-electron chi connectivity index (χ2n) is 9.67. The number of nitrogens with one attached hydrogen (secondary N) is 1. The lowest BCUT2D eigenvalue weighted by molar-refractivity contribution is -0.135. The standard InChI is InChI=1S/C23H32N2O6/c1-14-9-22(3,4)13-23(10-14)20(28)25(21(29)24-23)11-17(27)12-31-18-7-6-16(15(2)26)8-19(18)30-5/h6-8,14,17,27H,9-13H2,1-5H3,(H,24,29). The average molecular weight is 433 g/mol. The van der Waals surface area contributed by atoms with E-state index < -0.39 is 17.7 Å². The van der Waals surface area contributed by atoms with Crippen molar-refractivity contribution >= 4 is 17.7 Å². The van der Waals surface area contributed by atoms with Crippen LogP contribution in [0.2, 0.25) is 0 Å². The third kappa shape index (κ3) is 4.84. The molecule has 1 aromatic rings. The number of β-amino-alcohol motifs (C(OH)–C–C–N with tert-alkyl or cyclic N) is 1. The Bertz CT molecular complexity index is 883. The molecule has 31 heavy (non-hydrogen) atoms. The molecule has 3 amide bonds. The largest absolute Gasteiger partial charge is 0.493 e. The Morgan fingerprint density at radius 2 is 2.00 bits per heavy atom. The van der Waals surface area contributed by atoms with Crippen molar-refractivity contribution in [3.63, 3.8) is 0 Å². The molecule has 2 aliphatic rings. The van der Waals surface area contributed by atoms with Gasteiger partial charge in [0, 0.05) is 5.56 Å². The SMILES string of the molecule is COc1cc(C(C)=O)ccc1OCC(O)CN1C(=O)NC2(CC(C)CC(C)(C)C2)C1=O. The van der Waals surface area contributed by atoms with E-state index in [1.807, 2.05) is 0 Å². The maximum absolute atomic E-state index is 13.2. The van der Waals surface area contributed by atoms with Crippen LogP contribution < -0.4 is 14.8 Å². The van der Waals surface area contributed by atoms with Crippen LogP contribution in [0, 0.1) is 11.3 Å². The summed E-state index contributed by atoms with van der Waals surface area (Å²) in [7, 11) is 1.46. The lowest BCUT2D eigenvalue weighted by Crippen LogP contribution is -2.54. The van der Waals surface area contributed by atoms with Gasteiger partial charge in [-0.2, -0.15) is 0 Å². The maximum atomic E-state index is 13.2. The van der Waals surface area contributed by atoms with Crippen molar-refractivity contribution in [3.8, 4) is 11.5 Å². The molecule has 3 rings (SSSR count). The lowest BCUT2D eigenvalue weighted by Gasteiger charge is -2.43. The van der Waals surface area contributed by atoms with Crippen LogP contribution in [0.15, 0.2) is 18.2 Å². The first kappa shape index (κ1) is 23.1. The van der Waals surface area contributed by atoms with Gasteiger partial charge in [0.15, 0.2) is 17.3 Å². The highest BCUT2D eigenvalue weighted by molar-refractivity contribution is 6.07. The molecule has 2 N–H and O–H groups in total. The molecule has 1 saturated heterocycles. The number of ketones is 1. The summed E-state index contributed by atoms with van der Waals surface area (Å²) in [6, 6.07) is 4.30. The number of urea groups is 1. The first-order valence-corrected chi connectivity index (χ1v) is 10.6. The fourth-order valence-corrected chi connectivity index (χ4v) is 5.13. The second kappa shape index (κ2) is 8.49. The maximum Gasteiger partial charge on any atom is 0.325 e. The number of imide groups is 1. The van der Waals surface area contributed by atoms with Crippen LogP contribution in [0.4, 0.5) is 4.79 Å². The molecule has 2 fully saturated rings. The van der Waals surface area contributed by atoms with Crippen LogP contribution in [0.25, 0.3) is 0 Å². The molecule has 3 unspecified atom stereocenters. The summed E-state index contributed by atoms with van der Waals surface area (Å²) in [5.74, 6) is 0.666. The van der Waals surface area contributed by atoms with Crippen molar-refractivity contribution in [2.75, 3.05) is 20.3 Å². The van der Waals surface area contributed by atoms with Crippen molar-refractivity contribution in [2.24, 2.45) is 11.3 Å². The Hall–Kier alpha value is -2.61. The molecule has 1 spiro atoms. The predicted molar refractivity (Wildman–Crippen MR) is 114 cm³/mol. The van der Waals surface area contributed by atoms with Gasteiger partial charge in [-0.1, -0.05) is 20.8 Å². The Labute approximate surface area is 182 Å². The Kier molecular flexibility index (Phi) is 6.32. The minimum atomic E-state index is -1.07. The molecule has 1 aromatic carbocycles. The number of rotatable bonds is 7. The Morgan fingerprint density at radius 3 is 2.61 bits per heavy atom. The first-order chi connectivity index (χ1) is 14.5. The van der Waals surface area contributed by atoms with Gasteiger partial charge in [-0.3, -0.25) is 14.5 Å². The van der Waals surface area contributed by atoms with Gasteiger partial charge in [-0.25, -0.2) is 4.79 Å². The topological polar surface area (TPSA) is 105 Å². The van der Waals surface area contributed by atoms with Crippen LogP contribution in [-0.4, -0.2) is 59.6 Å². The number of aliphatic hydroxyl groups is 1. The van der Waals surface area contributed by atoms with E-state index in [0.29, 0.717) is 35.8 Å². The molecule has 0 radical (unpaired) electrons. The minimum Gasteiger partial charge on any atom is -0.493 e. The molecule has 1 aliphatic carbocycles. The number of benzene rings is 1. The molecule has 8 heteroatoms. The number of hydrogen-bond donors (Lipinski definition) is 2. The van der Waals surface area contributed by atoms with Crippen molar-refractivity contribution < 1.29 is 29.0 Å². The lowest BCUT2D eigenvalue weighted by atomic mass is 9.64. The molecular weight excluding hydrogens is 400 g/mol. The van der Waals surface area contributed by atoms with Crippen LogP contribution in [-0.2, 0) is 4.79 Å². The molecule has 170 valence electrons. The van der Waals surface area contributed by atoms with E-state index in [4.69, 9.17) is 9.47 Å². The van der Waals surface area contributed by atoms with Gasteiger partial charge in [0.2, 0.25) is 0 Å². The fraction of sp³-hybridized carbons (Fsp3) is 0.609. The number of ether oxygens (including phenoxy) is 2. The number of amides is 3. The minimum absolute atomic E-state index is 0.0546. The predicted octanol–water partition coefficient (Wildman–Crippen LogP) is 2.77. The van der Waals surface area contributed by atoms with Crippen molar-refractivity contribution in [3.05, 3.63) is 23.8 Å². The van der Waals surface area contributed by atoms with E-state index in [2.05, 4.69) is 26.1 Å². The number of carbonyl (C=O) groups is 3. The molecule has 0 aromatic heterocycles. The van der Waals surface area contributed by atoms with Gasteiger partial charge in [0.1, 0.15) is 18.2 Å². The molecule has 1 saturated carbocycles. The number of nitrogens with zero attached hydrogens (tertiary/aromatic N) is 1. The Balaban J connectivity index is 1.65. The summed E-state index contributed by atoms with van der Waals surface area (Å²) in [5.41, 5.74) is -0.468. The van der Waals surface area contributed by atoms with E-state index in [-0.39, 0.29) is 30.3 Å². The van der Waals surface area contributed by atoms with E-state index in [1.54, 1.807) is 18.2 Å². The highest BCUT2D eigenvalue weighted by atomic mass is 16.5. The summed E-state index contributed by atoms with van der Waals surface area (Å²) in [5, 5.41) is 13.4.